The van der Waals surface area contributed by atoms with Crippen molar-refractivity contribution in [3.05, 3.63) is 81.7 Å². The van der Waals surface area contributed by atoms with E-state index in [2.05, 4.69) is 92.5 Å². The summed E-state index contributed by atoms with van der Waals surface area (Å²) in [6.07, 6.45) is 0. The van der Waals surface area contributed by atoms with E-state index in [1.54, 1.807) is 23.5 Å². The third-order valence-electron chi connectivity index (χ3n) is 2.96. The van der Waals surface area contributed by atoms with E-state index in [1.165, 1.54) is 19.6 Å². The van der Waals surface area contributed by atoms with Crippen LogP contribution in [0.15, 0.2) is 101 Å². The Morgan fingerprint density at radius 2 is 0.773 bits per heavy atom. The highest BCUT2D eigenvalue weighted by atomic mass is 79.9. The van der Waals surface area contributed by atoms with Crippen molar-refractivity contribution >= 4 is 55.4 Å². The molecule has 0 spiro atoms. The van der Waals surface area contributed by atoms with Gasteiger partial charge in [-0.2, -0.15) is 0 Å². The molecule has 0 N–H and O–H groups in total. The topological polar surface area (TPSA) is 0 Å². The van der Waals surface area contributed by atoms with Gasteiger partial charge < -0.3 is 0 Å². The molecule has 0 saturated carbocycles. The predicted molar refractivity (Wildman–Crippen MR) is 103 cm³/mol. The highest BCUT2D eigenvalue weighted by molar-refractivity contribution is 9.10. The first-order valence-corrected chi connectivity index (χ1v) is 9.90. The van der Waals surface area contributed by atoms with E-state index in [4.69, 9.17) is 0 Å². The van der Waals surface area contributed by atoms with E-state index in [0.717, 1.165) is 8.95 Å². The molecule has 0 nitrogen and oxygen atoms in total. The molecule has 0 amide bonds. The van der Waals surface area contributed by atoms with Crippen LogP contribution in [0, 0.1) is 0 Å². The zero-order valence-electron chi connectivity index (χ0n) is 11.5. The normalized spacial score (nSPS) is 10.6. The highest BCUT2D eigenvalue weighted by Crippen LogP contribution is 2.42. The Bertz CT molecular complexity index is 721. The van der Waals surface area contributed by atoms with Crippen LogP contribution in [0.1, 0.15) is 0 Å². The van der Waals surface area contributed by atoms with Crippen molar-refractivity contribution in [2.75, 3.05) is 0 Å². The van der Waals surface area contributed by atoms with E-state index >= 15 is 0 Å². The maximum absolute atomic E-state index is 3.62. The standard InChI is InChI=1S/C18H12Br2S2/c19-13-7-1-3-9-15(13)21-17-11-5-6-12-18(17)22-16-10-4-2-8-14(16)20/h1-12H. The molecule has 0 bridgehead atoms. The molecule has 0 atom stereocenters. The summed E-state index contributed by atoms with van der Waals surface area (Å²) in [7, 11) is 0. The van der Waals surface area contributed by atoms with Crippen molar-refractivity contribution in [3.8, 4) is 0 Å². The SMILES string of the molecule is Brc1ccccc1Sc1ccccc1Sc1ccccc1Br. The van der Waals surface area contributed by atoms with Gasteiger partial charge in [0.1, 0.15) is 0 Å². The Kier molecular flexibility index (Phi) is 5.69. The fourth-order valence-corrected chi connectivity index (χ4v) is 4.94. The molecule has 0 fully saturated rings. The van der Waals surface area contributed by atoms with Crippen LogP contribution in [0.2, 0.25) is 0 Å². The number of halogens is 2. The van der Waals surface area contributed by atoms with Crippen molar-refractivity contribution in [3.63, 3.8) is 0 Å². The lowest BCUT2D eigenvalue weighted by Crippen LogP contribution is -1.81. The summed E-state index contributed by atoms with van der Waals surface area (Å²) in [6.45, 7) is 0. The van der Waals surface area contributed by atoms with E-state index < -0.39 is 0 Å². The van der Waals surface area contributed by atoms with Crippen LogP contribution in [0.25, 0.3) is 0 Å². The molecule has 0 aromatic heterocycles. The Hall–Kier alpha value is -0.680. The fourth-order valence-electron chi connectivity index (χ4n) is 1.91. The summed E-state index contributed by atoms with van der Waals surface area (Å²) >= 11 is 10.8. The van der Waals surface area contributed by atoms with Crippen molar-refractivity contribution < 1.29 is 0 Å². The minimum absolute atomic E-state index is 1.13. The first-order chi connectivity index (χ1) is 10.7. The third kappa shape index (κ3) is 3.99. The van der Waals surface area contributed by atoms with E-state index in [-0.39, 0.29) is 0 Å². The van der Waals surface area contributed by atoms with Gasteiger partial charge in [0.15, 0.2) is 0 Å². The number of rotatable bonds is 4. The average molecular weight is 452 g/mol. The molecular weight excluding hydrogens is 440 g/mol. The summed E-state index contributed by atoms with van der Waals surface area (Å²) in [4.78, 5) is 4.97. The summed E-state index contributed by atoms with van der Waals surface area (Å²) in [5.74, 6) is 0. The second kappa shape index (κ2) is 7.73. The molecule has 0 aliphatic carbocycles. The van der Waals surface area contributed by atoms with Crippen LogP contribution < -0.4 is 0 Å². The van der Waals surface area contributed by atoms with Gasteiger partial charge in [-0.15, -0.1) is 0 Å². The van der Waals surface area contributed by atoms with Crippen molar-refractivity contribution in [2.45, 2.75) is 19.6 Å². The maximum atomic E-state index is 3.62. The minimum Gasteiger partial charge on any atom is -0.0877 e. The average Bonchev–Trinajstić information content (AvgIpc) is 2.53. The van der Waals surface area contributed by atoms with Crippen LogP contribution in [0.5, 0.6) is 0 Å². The van der Waals surface area contributed by atoms with E-state index in [0.29, 0.717) is 0 Å². The van der Waals surface area contributed by atoms with Crippen LogP contribution in [0.3, 0.4) is 0 Å². The van der Waals surface area contributed by atoms with Gasteiger partial charge >= 0.3 is 0 Å². The van der Waals surface area contributed by atoms with Gasteiger partial charge in [-0.3, -0.25) is 0 Å². The quantitative estimate of drug-likeness (QED) is 0.402. The van der Waals surface area contributed by atoms with E-state index in [1.807, 2.05) is 12.1 Å². The Balaban J connectivity index is 1.91. The molecule has 0 saturated heterocycles. The molecule has 4 heteroatoms. The van der Waals surface area contributed by atoms with Gasteiger partial charge in [0.2, 0.25) is 0 Å². The Labute approximate surface area is 156 Å². The molecule has 110 valence electrons. The second-order valence-corrected chi connectivity index (χ2v) is 8.39. The number of hydrogen-bond donors (Lipinski definition) is 0. The lowest BCUT2D eigenvalue weighted by Gasteiger charge is -2.10. The lowest BCUT2D eigenvalue weighted by molar-refractivity contribution is 1.23. The highest BCUT2D eigenvalue weighted by Gasteiger charge is 2.09. The van der Waals surface area contributed by atoms with Crippen molar-refractivity contribution in [2.24, 2.45) is 0 Å². The summed E-state index contributed by atoms with van der Waals surface area (Å²) in [5.41, 5.74) is 0. The largest absolute Gasteiger partial charge is 0.0877 e. The predicted octanol–water partition coefficient (Wildman–Crippen LogP) is 7.51. The van der Waals surface area contributed by atoms with Gasteiger partial charge in [0.25, 0.3) is 0 Å². The Morgan fingerprint density at radius 3 is 1.14 bits per heavy atom. The fraction of sp³-hybridized carbons (Fsp3) is 0. The molecule has 0 unspecified atom stereocenters. The number of benzene rings is 3. The van der Waals surface area contributed by atoms with Gasteiger partial charge in [-0.1, -0.05) is 59.9 Å². The second-order valence-electron chi connectivity index (χ2n) is 4.51. The van der Waals surface area contributed by atoms with Gasteiger partial charge in [0, 0.05) is 28.5 Å². The zero-order valence-corrected chi connectivity index (χ0v) is 16.3. The monoisotopic (exact) mass is 450 g/mol. The summed E-state index contributed by atoms with van der Waals surface area (Å²) < 4.78 is 2.25. The van der Waals surface area contributed by atoms with Gasteiger partial charge in [0.05, 0.1) is 0 Å². The molecular formula is C18H12Br2S2. The molecule has 3 aromatic rings. The van der Waals surface area contributed by atoms with Crippen LogP contribution >= 0.6 is 55.4 Å². The smallest absolute Gasteiger partial charge is 0.0314 e. The minimum atomic E-state index is 1.13. The third-order valence-corrected chi connectivity index (χ3v) is 7.30. The molecule has 22 heavy (non-hydrogen) atoms. The van der Waals surface area contributed by atoms with Crippen LogP contribution in [-0.2, 0) is 0 Å². The molecule has 0 aliphatic rings. The van der Waals surface area contributed by atoms with Crippen LogP contribution in [0.4, 0.5) is 0 Å². The Morgan fingerprint density at radius 1 is 0.455 bits per heavy atom. The zero-order chi connectivity index (χ0) is 15.4. The first kappa shape index (κ1) is 16.2. The summed E-state index contributed by atoms with van der Waals surface area (Å²) in [5, 5.41) is 0. The molecule has 0 radical (unpaired) electrons. The van der Waals surface area contributed by atoms with Gasteiger partial charge in [-0.05, 0) is 68.3 Å². The van der Waals surface area contributed by atoms with Crippen LogP contribution in [-0.4, -0.2) is 0 Å². The lowest BCUT2D eigenvalue weighted by atomic mass is 10.4. The maximum Gasteiger partial charge on any atom is 0.0314 e. The molecule has 3 rings (SSSR count). The molecule has 3 aromatic carbocycles. The van der Waals surface area contributed by atoms with Crippen molar-refractivity contribution in [1.82, 2.24) is 0 Å². The summed E-state index contributed by atoms with van der Waals surface area (Å²) in [6, 6.07) is 25.1. The molecule has 0 heterocycles. The molecule has 0 aliphatic heterocycles. The van der Waals surface area contributed by atoms with E-state index in [9.17, 15) is 0 Å². The number of hydrogen-bond acceptors (Lipinski definition) is 2. The van der Waals surface area contributed by atoms with Gasteiger partial charge in [-0.25, -0.2) is 0 Å². The first-order valence-electron chi connectivity index (χ1n) is 6.68. The van der Waals surface area contributed by atoms with Crippen molar-refractivity contribution in [1.29, 1.82) is 0 Å².